The molecule has 1 N–H and O–H groups in total. The van der Waals surface area contributed by atoms with Gasteiger partial charge in [0.05, 0.1) is 6.10 Å². The Morgan fingerprint density at radius 3 is 2.62 bits per heavy atom. The average Bonchev–Trinajstić information content (AvgIpc) is 2.59. The number of carbonyl (C=O) groups is 1. The van der Waals surface area contributed by atoms with Crippen LogP contribution in [0.15, 0.2) is 24.3 Å². The summed E-state index contributed by atoms with van der Waals surface area (Å²) in [4.78, 5) is 14.9. The van der Waals surface area contributed by atoms with Crippen molar-refractivity contribution in [3.05, 3.63) is 35.4 Å². The molecule has 1 aromatic rings. The predicted octanol–water partition coefficient (Wildman–Crippen LogP) is 3.53. The lowest BCUT2D eigenvalue weighted by Gasteiger charge is -2.42. The number of nitrogens with zero attached hydrogens (tertiary/aromatic N) is 1. The van der Waals surface area contributed by atoms with Crippen LogP contribution in [-0.2, 0) is 14.9 Å². The molecule has 0 aliphatic carbocycles. The number of benzene rings is 1. The number of hydrogen-bond acceptors (Lipinski definition) is 3. The fraction of sp³-hybridized carbons (Fsp3) is 0.682. The molecule has 1 fully saturated rings. The monoisotopic (exact) mass is 360 g/mol. The van der Waals surface area contributed by atoms with Crippen molar-refractivity contribution < 1.29 is 9.53 Å². The number of hydrogen-bond donors (Lipinski definition) is 1. The molecule has 4 nitrogen and oxygen atoms in total. The first-order chi connectivity index (χ1) is 12.3. The van der Waals surface area contributed by atoms with Gasteiger partial charge in [-0.3, -0.25) is 4.79 Å². The minimum Gasteiger partial charge on any atom is -0.378 e. The Bertz CT molecular complexity index is 568. The van der Waals surface area contributed by atoms with E-state index in [0.29, 0.717) is 12.3 Å². The molecule has 0 saturated carbocycles. The molecule has 1 aliphatic heterocycles. The zero-order chi connectivity index (χ0) is 19.2. The van der Waals surface area contributed by atoms with Crippen molar-refractivity contribution in [1.29, 1.82) is 0 Å². The second kappa shape index (κ2) is 9.52. The molecule has 0 spiro atoms. The molecule has 1 saturated heterocycles. The summed E-state index contributed by atoms with van der Waals surface area (Å²) < 4.78 is 6.01. The van der Waals surface area contributed by atoms with E-state index in [-0.39, 0.29) is 17.4 Å². The standard InChI is InChI=1S/C22H36N2O2/c1-17(2)20-15-22(11-14-26-20,19-9-7-18(3)8-10-19)16-21(25)23-12-6-13-24(4)5/h7-10,17,20H,6,11-16H2,1-5H3,(H,23,25)/t20-,22+/m0/s1. The minimum absolute atomic E-state index is 0.119. The van der Waals surface area contributed by atoms with Crippen molar-refractivity contribution in [3.8, 4) is 0 Å². The van der Waals surface area contributed by atoms with Gasteiger partial charge in [0.2, 0.25) is 5.91 Å². The molecule has 1 heterocycles. The fourth-order valence-electron chi connectivity index (χ4n) is 3.80. The van der Waals surface area contributed by atoms with Gasteiger partial charge in [-0.05, 0) is 58.3 Å². The Kier molecular flexibility index (Phi) is 7.66. The molecule has 146 valence electrons. The van der Waals surface area contributed by atoms with Crippen LogP contribution < -0.4 is 5.32 Å². The van der Waals surface area contributed by atoms with E-state index >= 15 is 0 Å². The van der Waals surface area contributed by atoms with E-state index in [9.17, 15) is 4.79 Å². The fourth-order valence-corrected chi connectivity index (χ4v) is 3.80. The van der Waals surface area contributed by atoms with Gasteiger partial charge in [0.15, 0.2) is 0 Å². The number of ether oxygens (including phenoxy) is 1. The lowest BCUT2D eigenvalue weighted by molar-refractivity contribution is -0.124. The van der Waals surface area contributed by atoms with E-state index in [2.05, 4.69) is 69.3 Å². The number of amides is 1. The second-order valence-electron chi connectivity index (χ2n) is 8.44. The van der Waals surface area contributed by atoms with Crippen molar-refractivity contribution >= 4 is 5.91 Å². The maximum atomic E-state index is 12.7. The van der Waals surface area contributed by atoms with E-state index in [1.165, 1.54) is 11.1 Å². The second-order valence-corrected chi connectivity index (χ2v) is 8.44. The Labute approximate surface area is 159 Å². The molecular formula is C22H36N2O2. The molecule has 2 atom stereocenters. The normalized spacial score (nSPS) is 23.4. The highest BCUT2D eigenvalue weighted by molar-refractivity contribution is 5.77. The van der Waals surface area contributed by atoms with Crippen LogP contribution in [0.4, 0.5) is 0 Å². The van der Waals surface area contributed by atoms with Crippen LogP contribution in [0.3, 0.4) is 0 Å². The average molecular weight is 361 g/mol. The lowest BCUT2D eigenvalue weighted by Crippen LogP contribution is -2.44. The van der Waals surface area contributed by atoms with Gasteiger partial charge in [-0.25, -0.2) is 0 Å². The summed E-state index contributed by atoms with van der Waals surface area (Å²) in [6.45, 7) is 8.98. The summed E-state index contributed by atoms with van der Waals surface area (Å²) in [5.41, 5.74) is 2.41. The van der Waals surface area contributed by atoms with E-state index < -0.39 is 0 Å². The zero-order valence-corrected chi connectivity index (χ0v) is 17.2. The summed E-state index contributed by atoms with van der Waals surface area (Å²) in [6, 6.07) is 8.73. The van der Waals surface area contributed by atoms with Crippen LogP contribution in [0.5, 0.6) is 0 Å². The zero-order valence-electron chi connectivity index (χ0n) is 17.2. The van der Waals surface area contributed by atoms with E-state index in [4.69, 9.17) is 4.74 Å². The Hall–Kier alpha value is -1.39. The summed E-state index contributed by atoms with van der Waals surface area (Å²) >= 11 is 0. The van der Waals surface area contributed by atoms with Crippen LogP contribution in [0.2, 0.25) is 0 Å². The lowest BCUT2D eigenvalue weighted by atomic mass is 9.68. The van der Waals surface area contributed by atoms with Crippen molar-refractivity contribution in [2.24, 2.45) is 5.92 Å². The summed E-state index contributed by atoms with van der Waals surface area (Å²) in [5, 5.41) is 3.13. The third-order valence-corrected chi connectivity index (χ3v) is 5.52. The highest BCUT2D eigenvalue weighted by atomic mass is 16.5. The van der Waals surface area contributed by atoms with Gasteiger partial charge in [0.1, 0.15) is 0 Å². The molecule has 0 radical (unpaired) electrons. The Balaban J connectivity index is 2.10. The van der Waals surface area contributed by atoms with E-state index in [1.54, 1.807) is 0 Å². The first-order valence-electron chi connectivity index (χ1n) is 9.92. The highest BCUT2D eigenvalue weighted by Crippen LogP contribution is 2.42. The third kappa shape index (κ3) is 5.82. The van der Waals surface area contributed by atoms with Gasteiger partial charge in [0, 0.05) is 25.0 Å². The van der Waals surface area contributed by atoms with Crippen LogP contribution in [0.1, 0.15) is 50.7 Å². The molecular weight excluding hydrogens is 324 g/mol. The van der Waals surface area contributed by atoms with Gasteiger partial charge >= 0.3 is 0 Å². The van der Waals surface area contributed by atoms with Crippen LogP contribution in [-0.4, -0.2) is 50.7 Å². The number of nitrogens with one attached hydrogen (secondary N) is 1. The molecule has 26 heavy (non-hydrogen) atoms. The van der Waals surface area contributed by atoms with Crippen LogP contribution in [0, 0.1) is 12.8 Å². The minimum atomic E-state index is -0.119. The largest absolute Gasteiger partial charge is 0.378 e. The molecule has 0 aromatic heterocycles. The molecule has 4 heteroatoms. The van der Waals surface area contributed by atoms with Gasteiger partial charge in [0.25, 0.3) is 0 Å². The van der Waals surface area contributed by atoms with Gasteiger partial charge in [-0.2, -0.15) is 0 Å². The van der Waals surface area contributed by atoms with Crippen molar-refractivity contribution in [1.82, 2.24) is 10.2 Å². The molecule has 0 bridgehead atoms. The third-order valence-electron chi connectivity index (χ3n) is 5.52. The van der Waals surface area contributed by atoms with Crippen molar-refractivity contribution in [3.63, 3.8) is 0 Å². The molecule has 1 amide bonds. The van der Waals surface area contributed by atoms with E-state index in [1.807, 2.05) is 0 Å². The maximum Gasteiger partial charge on any atom is 0.220 e. The first-order valence-corrected chi connectivity index (χ1v) is 9.92. The SMILES string of the molecule is Cc1ccc([C@]2(CC(=O)NCCCN(C)C)CCO[C@H](C(C)C)C2)cc1. The van der Waals surface area contributed by atoms with Crippen LogP contribution in [0.25, 0.3) is 0 Å². The van der Waals surface area contributed by atoms with Gasteiger partial charge < -0.3 is 15.0 Å². The van der Waals surface area contributed by atoms with E-state index in [0.717, 1.165) is 39.0 Å². The predicted molar refractivity (Wildman–Crippen MR) is 107 cm³/mol. The van der Waals surface area contributed by atoms with Crippen molar-refractivity contribution in [2.45, 2.75) is 58.0 Å². The topological polar surface area (TPSA) is 41.6 Å². The molecule has 1 aliphatic rings. The van der Waals surface area contributed by atoms with Crippen molar-refractivity contribution in [2.75, 3.05) is 33.8 Å². The van der Waals surface area contributed by atoms with Gasteiger partial charge in [-0.1, -0.05) is 43.7 Å². The number of rotatable bonds is 8. The quantitative estimate of drug-likeness (QED) is 0.721. The van der Waals surface area contributed by atoms with Crippen LogP contribution >= 0.6 is 0 Å². The Morgan fingerprint density at radius 2 is 2.00 bits per heavy atom. The summed E-state index contributed by atoms with van der Waals surface area (Å²) in [7, 11) is 4.12. The molecule has 1 aromatic carbocycles. The maximum absolute atomic E-state index is 12.7. The molecule has 2 rings (SSSR count). The first kappa shape index (κ1) is 20.9. The summed E-state index contributed by atoms with van der Waals surface area (Å²) in [5.74, 6) is 0.622. The Morgan fingerprint density at radius 1 is 1.31 bits per heavy atom. The van der Waals surface area contributed by atoms with Gasteiger partial charge in [-0.15, -0.1) is 0 Å². The highest BCUT2D eigenvalue weighted by Gasteiger charge is 2.41. The molecule has 0 unspecified atom stereocenters. The smallest absolute Gasteiger partial charge is 0.220 e. The number of aryl methyl sites for hydroxylation is 1. The summed E-state index contributed by atoms with van der Waals surface area (Å²) in [6.07, 6.45) is 3.56. The number of carbonyl (C=O) groups excluding carboxylic acids is 1.